The average molecular weight is 211 g/mol. The lowest BCUT2D eigenvalue weighted by molar-refractivity contribution is -0.0909. The molecule has 2 fully saturated rings. The van der Waals surface area contributed by atoms with E-state index in [0.717, 1.165) is 12.6 Å². The van der Waals surface area contributed by atoms with Gasteiger partial charge in [0.15, 0.2) is 0 Å². The number of piperidine rings is 1. The van der Waals surface area contributed by atoms with E-state index in [4.69, 9.17) is 4.74 Å². The molecule has 2 aliphatic rings. The first-order chi connectivity index (χ1) is 7.29. The molecule has 1 aliphatic carbocycles. The van der Waals surface area contributed by atoms with Crippen molar-refractivity contribution in [2.24, 2.45) is 0 Å². The molecule has 0 aromatic carbocycles. The molecule has 0 atom stereocenters. The lowest BCUT2D eigenvalue weighted by Gasteiger charge is -2.46. The summed E-state index contributed by atoms with van der Waals surface area (Å²) in [6.45, 7) is 7.79. The number of likely N-dealkylation sites (tertiary alicyclic amines) is 1. The maximum Gasteiger partial charge on any atom is 0.0704 e. The Morgan fingerprint density at radius 1 is 1.20 bits per heavy atom. The van der Waals surface area contributed by atoms with E-state index >= 15 is 0 Å². The fraction of sp³-hybridized carbons (Fsp3) is 1.00. The van der Waals surface area contributed by atoms with Crippen molar-refractivity contribution in [2.45, 2.75) is 64.0 Å². The summed E-state index contributed by atoms with van der Waals surface area (Å²) in [5, 5.41) is 0. The number of rotatable bonds is 4. The Kier molecular flexibility index (Phi) is 3.68. The van der Waals surface area contributed by atoms with Gasteiger partial charge in [-0.3, -0.25) is 0 Å². The molecule has 0 bridgehead atoms. The Hall–Kier alpha value is -0.0800. The average Bonchev–Trinajstić information content (AvgIpc) is 2.19. The van der Waals surface area contributed by atoms with Crippen molar-refractivity contribution < 1.29 is 4.74 Å². The van der Waals surface area contributed by atoms with Crippen LogP contribution < -0.4 is 0 Å². The third kappa shape index (κ3) is 2.36. The van der Waals surface area contributed by atoms with E-state index in [2.05, 4.69) is 18.7 Å². The molecule has 2 nitrogen and oxygen atoms in total. The first-order valence-electron chi connectivity index (χ1n) is 6.67. The highest BCUT2D eigenvalue weighted by Gasteiger charge is 2.36. The van der Waals surface area contributed by atoms with E-state index in [1.165, 1.54) is 51.6 Å². The van der Waals surface area contributed by atoms with E-state index in [9.17, 15) is 0 Å². The van der Waals surface area contributed by atoms with Crippen LogP contribution in [-0.4, -0.2) is 36.2 Å². The van der Waals surface area contributed by atoms with Gasteiger partial charge in [-0.2, -0.15) is 0 Å². The van der Waals surface area contributed by atoms with Crippen LogP contribution in [0.1, 0.15) is 52.4 Å². The third-order valence-electron chi connectivity index (χ3n) is 4.40. The van der Waals surface area contributed by atoms with E-state index < -0.39 is 0 Å². The zero-order valence-corrected chi connectivity index (χ0v) is 10.3. The Morgan fingerprint density at radius 3 is 2.27 bits per heavy atom. The highest BCUT2D eigenvalue weighted by atomic mass is 16.5. The molecule has 0 unspecified atom stereocenters. The molecule has 0 aromatic heterocycles. The van der Waals surface area contributed by atoms with Crippen LogP contribution in [0, 0.1) is 0 Å². The predicted molar refractivity (Wildman–Crippen MR) is 63.1 cm³/mol. The van der Waals surface area contributed by atoms with Crippen LogP contribution in [0.5, 0.6) is 0 Å². The van der Waals surface area contributed by atoms with Crippen LogP contribution in [-0.2, 0) is 4.74 Å². The van der Waals surface area contributed by atoms with Gasteiger partial charge in [-0.05, 0) is 39.0 Å². The molecule has 15 heavy (non-hydrogen) atoms. The maximum atomic E-state index is 5.97. The van der Waals surface area contributed by atoms with Crippen molar-refractivity contribution in [3.63, 3.8) is 0 Å². The fourth-order valence-electron chi connectivity index (χ4n) is 2.95. The van der Waals surface area contributed by atoms with Gasteiger partial charge in [0.1, 0.15) is 0 Å². The second-order valence-electron chi connectivity index (χ2n) is 5.09. The van der Waals surface area contributed by atoms with Gasteiger partial charge >= 0.3 is 0 Å². The predicted octanol–water partition coefficient (Wildman–Crippen LogP) is 2.82. The molecule has 2 rings (SSSR count). The summed E-state index contributed by atoms with van der Waals surface area (Å²) in [5.41, 5.74) is 0.217. The minimum atomic E-state index is 0.217. The van der Waals surface area contributed by atoms with Crippen molar-refractivity contribution in [1.82, 2.24) is 4.90 Å². The molecule has 1 aliphatic heterocycles. The molecule has 2 heteroatoms. The van der Waals surface area contributed by atoms with E-state index in [0.29, 0.717) is 0 Å². The molecule has 0 N–H and O–H groups in total. The summed E-state index contributed by atoms with van der Waals surface area (Å²) in [5.74, 6) is 0. The highest BCUT2D eigenvalue weighted by Crippen LogP contribution is 2.34. The third-order valence-corrected chi connectivity index (χ3v) is 4.40. The summed E-state index contributed by atoms with van der Waals surface area (Å²) < 4.78 is 5.97. The summed E-state index contributed by atoms with van der Waals surface area (Å²) >= 11 is 0. The molecular formula is C13H25NO. The quantitative estimate of drug-likeness (QED) is 0.709. The SMILES string of the molecule is CCOC1(CC)CCN(C2CCC2)CC1. The van der Waals surface area contributed by atoms with Gasteiger partial charge in [-0.25, -0.2) is 0 Å². The lowest BCUT2D eigenvalue weighted by Crippen LogP contribution is -2.51. The normalized spacial score (nSPS) is 27.6. The Bertz CT molecular complexity index is 193. The Labute approximate surface area is 94.0 Å². The molecule has 88 valence electrons. The second kappa shape index (κ2) is 4.84. The number of hydrogen-bond donors (Lipinski definition) is 0. The van der Waals surface area contributed by atoms with Crippen LogP contribution in [0.15, 0.2) is 0 Å². The minimum Gasteiger partial charge on any atom is -0.375 e. The van der Waals surface area contributed by atoms with Crippen molar-refractivity contribution in [2.75, 3.05) is 19.7 Å². The van der Waals surface area contributed by atoms with Crippen LogP contribution in [0.3, 0.4) is 0 Å². The van der Waals surface area contributed by atoms with Gasteiger partial charge in [0, 0.05) is 25.7 Å². The van der Waals surface area contributed by atoms with Gasteiger partial charge in [-0.15, -0.1) is 0 Å². The summed E-state index contributed by atoms with van der Waals surface area (Å²) in [6.07, 6.45) is 7.99. The molecule has 0 aromatic rings. The summed E-state index contributed by atoms with van der Waals surface area (Å²) in [7, 11) is 0. The molecule has 1 heterocycles. The molecule has 0 amide bonds. The second-order valence-corrected chi connectivity index (χ2v) is 5.09. The Balaban J connectivity index is 1.83. The molecular weight excluding hydrogens is 186 g/mol. The maximum absolute atomic E-state index is 5.97. The number of hydrogen-bond acceptors (Lipinski definition) is 2. The topological polar surface area (TPSA) is 12.5 Å². The number of ether oxygens (including phenoxy) is 1. The van der Waals surface area contributed by atoms with Gasteiger partial charge in [0.05, 0.1) is 5.60 Å². The smallest absolute Gasteiger partial charge is 0.0704 e. The monoisotopic (exact) mass is 211 g/mol. The summed E-state index contributed by atoms with van der Waals surface area (Å²) in [4.78, 5) is 2.69. The highest BCUT2D eigenvalue weighted by molar-refractivity contribution is 4.90. The first kappa shape index (κ1) is 11.4. The van der Waals surface area contributed by atoms with Crippen LogP contribution in [0.25, 0.3) is 0 Å². The number of nitrogens with zero attached hydrogens (tertiary/aromatic N) is 1. The molecule has 0 radical (unpaired) electrons. The standard InChI is InChI=1S/C13H25NO/c1-3-13(15-4-2)8-10-14(11-9-13)12-6-5-7-12/h12H,3-11H2,1-2H3. The molecule has 1 saturated carbocycles. The first-order valence-corrected chi connectivity index (χ1v) is 6.67. The molecule has 1 saturated heterocycles. The van der Waals surface area contributed by atoms with Gasteiger partial charge in [0.2, 0.25) is 0 Å². The van der Waals surface area contributed by atoms with Gasteiger partial charge < -0.3 is 9.64 Å². The van der Waals surface area contributed by atoms with Crippen molar-refractivity contribution in [3.05, 3.63) is 0 Å². The van der Waals surface area contributed by atoms with E-state index in [1.807, 2.05) is 0 Å². The van der Waals surface area contributed by atoms with Gasteiger partial charge in [0.25, 0.3) is 0 Å². The van der Waals surface area contributed by atoms with Crippen molar-refractivity contribution in [1.29, 1.82) is 0 Å². The van der Waals surface area contributed by atoms with Gasteiger partial charge in [-0.1, -0.05) is 13.3 Å². The van der Waals surface area contributed by atoms with Crippen molar-refractivity contribution in [3.8, 4) is 0 Å². The Morgan fingerprint density at radius 2 is 1.87 bits per heavy atom. The van der Waals surface area contributed by atoms with E-state index in [-0.39, 0.29) is 5.60 Å². The largest absolute Gasteiger partial charge is 0.375 e. The fourth-order valence-corrected chi connectivity index (χ4v) is 2.95. The zero-order chi connectivity index (χ0) is 10.7. The van der Waals surface area contributed by atoms with Crippen LogP contribution in [0.2, 0.25) is 0 Å². The zero-order valence-electron chi connectivity index (χ0n) is 10.3. The van der Waals surface area contributed by atoms with E-state index in [1.54, 1.807) is 0 Å². The minimum absolute atomic E-state index is 0.217. The van der Waals surface area contributed by atoms with Crippen LogP contribution in [0.4, 0.5) is 0 Å². The van der Waals surface area contributed by atoms with Crippen molar-refractivity contribution >= 4 is 0 Å². The van der Waals surface area contributed by atoms with Crippen LogP contribution >= 0.6 is 0 Å². The molecule has 0 spiro atoms. The lowest BCUT2D eigenvalue weighted by atomic mass is 9.84. The summed E-state index contributed by atoms with van der Waals surface area (Å²) in [6, 6.07) is 0.918.